The molecule has 2 amide bonds. The summed E-state index contributed by atoms with van der Waals surface area (Å²) in [5.74, 6) is 0.827. The Morgan fingerprint density at radius 1 is 1.09 bits per heavy atom. The molecule has 6 nitrogen and oxygen atoms in total. The highest BCUT2D eigenvalue weighted by molar-refractivity contribution is 6.30. The molecule has 0 unspecified atom stereocenters. The Morgan fingerprint density at radius 3 is 2.55 bits per heavy atom. The minimum absolute atomic E-state index is 0.0492. The van der Waals surface area contributed by atoms with E-state index in [0.29, 0.717) is 54.7 Å². The molecule has 1 aliphatic rings. The summed E-state index contributed by atoms with van der Waals surface area (Å²) in [5, 5.41) is 3.56. The summed E-state index contributed by atoms with van der Waals surface area (Å²) < 4.78 is 5.95. The van der Waals surface area contributed by atoms with Gasteiger partial charge in [0.1, 0.15) is 18.2 Å². The molecule has 1 aliphatic heterocycles. The smallest absolute Gasteiger partial charge is 0.257 e. The van der Waals surface area contributed by atoms with Crippen LogP contribution in [-0.4, -0.2) is 34.8 Å². The number of benzene rings is 2. The van der Waals surface area contributed by atoms with Crippen molar-refractivity contribution in [3.05, 3.63) is 88.6 Å². The number of carbonyl (C=O) groups excluding carboxylic acids is 2. The predicted molar refractivity (Wildman–Crippen MR) is 128 cm³/mol. The third-order valence-electron chi connectivity index (χ3n) is 5.74. The monoisotopic (exact) mass is 463 g/mol. The maximum absolute atomic E-state index is 13.2. The Hall–Kier alpha value is -3.38. The van der Waals surface area contributed by atoms with Gasteiger partial charge in [-0.2, -0.15) is 0 Å². The number of aryl methyl sites for hydroxylation is 1. The molecule has 4 rings (SSSR count). The minimum Gasteiger partial charge on any atom is -0.488 e. The van der Waals surface area contributed by atoms with Gasteiger partial charge in [-0.15, -0.1) is 0 Å². The van der Waals surface area contributed by atoms with Crippen molar-refractivity contribution in [3.63, 3.8) is 0 Å². The van der Waals surface area contributed by atoms with Gasteiger partial charge in [0.15, 0.2) is 0 Å². The van der Waals surface area contributed by atoms with Gasteiger partial charge in [0.2, 0.25) is 5.91 Å². The number of ether oxygens (including phenoxy) is 1. The number of aromatic nitrogens is 1. The highest BCUT2D eigenvalue weighted by Crippen LogP contribution is 2.25. The number of amides is 2. The summed E-state index contributed by atoms with van der Waals surface area (Å²) >= 11 is 5.94. The molecule has 1 aromatic heterocycles. The molecular weight excluding hydrogens is 438 g/mol. The molecule has 33 heavy (non-hydrogen) atoms. The van der Waals surface area contributed by atoms with Crippen LogP contribution >= 0.6 is 11.6 Å². The number of hydrogen-bond acceptors (Lipinski definition) is 4. The topological polar surface area (TPSA) is 71.5 Å². The average Bonchev–Trinajstić information content (AvgIpc) is 2.83. The number of halogens is 1. The van der Waals surface area contributed by atoms with Gasteiger partial charge in [-0.05, 0) is 67.3 Å². The van der Waals surface area contributed by atoms with Crippen molar-refractivity contribution in [2.24, 2.45) is 5.92 Å². The van der Waals surface area contributed by atoms with Gasteiger partial charge in [-0.1, -0.05) is 35.9 Å². The van der Waals surface area contributed by atoms with E-state index in [0.717, 1.165) is 11.1 Å². The Balaban J connectivity index is 1.34. The molecule has 0 atom stereocenters. The van der Waals surface area contributed by atoms with Crippen LogP contribution in [-0.2, 0) is 11.4 Å². The second kappa shape index (κ2) is 10.5. The van der Waals surface area contributed by atoms with Crippen molar-refractivity contribution in [1.29, 1.82) is 0 Å². The minimum atomic E-state index is -0.146. The molecule has 2 heterocycles. The van der Waals surface area contributed by atoms with Gasteiger partial charge in [0.25, 0.3) is 5.91 Å². The molecule has 0 aliphatic carbocycles. The predicted octanol–water partition coefficient (Wildman–Crippen LogP) is 5.11. The van der Waals surface area contributed by atoms with Crippen LogP contribution < -0.4 is 10.1 Å². The fourth-order valence-corrected chi connectivity index (χ4v) is 3.98. The largest absolute Gasteiger partial charge is 0.488 e. The van der Waals surface area contributed by atoms with E-state index in [1.807, 2.05) is 55.5 Å². The van der Waals surface area contributed by atoms with Crippen molar-refractivity contribution in [2.45, 2.75) is 26.4 Å². The summed E-state index contributed by atoms with van der Waals surface area (Å²) in [6.07, 6.45) is 2.90. The van der Waals surface area contributed by atoms with E-state index in [4.69, 9.17) is 16.3 Å². The van der Waals surface area contributed by atoms with Crippen LogP contribution in [0.4, 0.5) is 5.82 Å². The molecule has 170 valence electrons. The number of anilines is 1. The maximum Gasteiger partial charge on any atom is 0.257 e. The molecule has 0 spiro atoms. The van der Waals surface area contributed by atoms with E-state index in [1.54, 1.807) is 23.2 Å². The second-order valence-electron chi connectivity index (χ2n) is 8.19. The van der Waals surface area contributed by atoms with Crippen molar-refractivity contribution in [1.82, 2.24) is 9.88 Å². The van der Waals surface area contributed by atoms with Crippen LogP contribution in [0, 0.1) is 12.8 Å². The van der Waals surface area contributed by atoms with Crippen molar-refractivity contribution in [2.75, 3.05) is 18.4 Å². The first-order chi connectivity index (χ1) is 16.0. The summed E-state index contributed by atoms with van der Waals surface area (Å²) in [5.41, 5.74) is 2.53. The number of rotatable bonds is 6. The van der Waals surface area contributed by atoms with Crippen LogP contribution in [0.5, 0.6) is 5.75 Å². The lowest BCUT2D eigenvalue weighted by Crippen LogP contribution is -2.41. The standard InChI is InChI=1S/C26H26ClN3O3/c1-18-10-13-28-24(16-18)29-25(31)20-11-14-30(15-12-20)26(32)22-4-2-3-5-23(22)33-17-19-6-8-21(27)9-7-19/h2-10,13,16,20H,11-12,14-15,17H2,1H3,(H,28,29,31). The van der Waals surface area contributed by atoms with Crippen LogP contribution in [0.1, 0.15) is 34.3 Å². The Labute approximate surface area is 198 Å². The van der Waals surface area contributed by atoms with Crippen molar-refractivity contribution < 1.29 is 14.3 Å². The van der Waals surface area contributed by atoms with Gasteiger partial charge in [-0.3, -0.25) is 9.59 Å². The molecular formula is C26H26ClN3O3. The van der Waals surface area contributed by atoms with Crippen LogP contribution in [0.2, 0.25) is 5.02 Å². The molecule has 3 aromatic rings. The number of hydrogen-bond donors (Lipinski definition) is 1. The summed E-state index contributed by atoms with van der Waals surface area (Å²) in [4.78, 5) is 31.8. The van der Waals surface area contributed by atoms with E-state index in [-0.39, 0.29) is 17.7 Å². The Morgan fingerprint density at radius 2 is 1.82 bits per heavy atom. The zero-order chi connectivity index (χ0) is 23.2. The fourth-order valence-electron chi connectivity index (χ4n) is 3.86. The number of likely N-dealkylation sites (tertiary alicyclic amines) is 1. The Kier molecular flexibility index (Phi) is 7.25. The highest BCUT2D eigenvalue weighted by Gasteiger charge is 2.29. The van der Waals surface area contributed by atoms with Crippen LogP contribution in [0.3, 0.4) is 0 Å². The van der Waals surface area contributed by atoms with E-state index < -0.39 is 0 Å². The lowest BCUT2D eigenvalue weighted by Gasteiger charge is -2.31. The molecule has 0 radical (unpaired) electrons. The second-order valence-corrected chi connectivity index (χ2v) is 8.62. The lowest BCUT2D eigenvalue weighted by molar-refractivity contribution is -0.121. The first-order valence-corrected chi connectivity index (χ1v) is 11.4. The number of piperidine rings is 1. The molecule has 0 bridgehead atoms. The maximum atomic E-state index is 13.2. The Bertz CT molecular complexity index is 1130. The summed E-state index contributed by atoms with van der Waals surface area (Å²) in [7, 11) is 0. The van der Waals surface area contributed by atoms with Gasteiger partial charge in [0, 0.05) is 30.2 Å². The van der Waals surface area contributed by atoms with E-state index in [2.05, 4.69) is 10.3 Å². The van der Waals surface area contributed by atoms with Crippen molar-refractivity contribution >= 4 is 29.2 Å². The molecule has 1 N–H and O–H groups in total. The van der Waals surface area contributed by atoms with Gasteiger partial charge in [-0.25, -0.2) is 4.98 Å². The number of nitrogens with one attached hydrogen (secondary N) is 1. The fraction of sp³-hybridized carbons (Fsp3) is 0.269. The normalized spacial score (nSPS) is 14.1. The first kappa shape index (κ1) is 22.8. The lowest BCUT2D eigenvalue weighted by atomic mass is 9.95. The van der Waals surface area contributed by atoms with E-state index in [9.17, 15) is 9.59 Å². The molecule has 0 saturated carbocycles. The number of nitrogens with zero attached hydrogens (tertiary/aromatic N) is 2. The highest BCUT2D eigenvalue weighted by atomic mass is 35.5. The van der Waals surface area contributed by atoms with Crippen LogP contribution in [0.15, 0.2) is 66.9 Å². The quantitative estimate of drug-likeness (QED) is 0.551. The van der Waals surface area contributed by atoms with E-state index >= 15 is 0 Å². The molecule has 1 fully saturated rings. The average molecular weight is 464 g/mol. The molecule has 1 saturated heterocycles. The third-order valence-corrected chi connectivity index (χ3v) is 6.00. The third kappa shape index (κ3) is 5.90. The summed E-state index contributed by atoms with van der Waals surface area (Å²) in [6.45, 7) is 3.34. The van der Waals surface area contributed by atoms with Crippen LogP contribution in [0.25, 0.3) is 0 Å². The SMILES string of the molecule is Cc1ccnc(NC(=O)C2CCN(C(=O)c3ccccc3OCc3ccc(Cl)cc3)CC2)c1. The zero-order valence-corrected chi connectivity index (χ0v) is 19.2. The van der Waals surface area contributed by atoms with Gasteiger partial charge in [0.05, 0.1) is 5.56 Å². The summed E-state index contributed by atoms with van der Waals surface area (Å²) in [6, 6.07) is 18.4. The number of para-hydroxylation sites is 1. The van der Waals surface area contributed by atoms with E-state index in [1.165, 1.54) is 0 Å². The molecule has 2 aromatic carbocycles. The van der Waals surface area contributed by atoms with Crippen molar-refractivity contribution in [3.8, 4) is 5.75 Å². The first-order valence-electron chi connectivity index (χ1n) is 11.0. The van der Waals surface area contributed by atoms with Gasteiger partial charge < -0.3 is 15.0 Å². The number of pyridine rings is 1. The molecule has 7 heteroatoms. The zero-order valence-electron chi connectivity index (χ0n) is 18.5. The van der Waals surface area contributed by atoms with Gasteiger partial charge >= 0.3 is 0 Å². The number of carbonyl (C=O) groups is 2.